The van der Waals surface area contributed by atoms with Crippen LogP contribution in [0.4, 0.5) is 0 Å². The fourth-order valence-electron chi connectivity index (χ4n) is 4.04. The summed E-state index contributed by atoms with van der Waals surface area (Å²) in [5.74, 6) is 1.60. The first-order valence-electron chi connectivity index (χ1n) is 9.99. The van der Waals surface area contributed by atoms with Gasteiger partial charge in [-0.05, 0) is 39.7 Å². The molecule has 2 atom stereocenters. The summed E-state index contributed by atoms with van der Waals surface area (Å²) in [7, 11) is -3.19. The highest BCUT2D eigenvalue weighted by Crippen LogP contribution is 2.39. The Morgan fingerprint density at radius 2 is 2.11 bits per heavy atom. The molecule has 0 aliphatic carbocycles. The molecular formula is C20H32N4O3S. The number of aliphatic imine (C=N–C) groups is 1. The molecule has 0 saturated carbocycles. The van der Waals surface area contributed by atoms with Gasteiger partial charge >= 0.3 is 0 Å². The summed E-state index contributed by atoms with van der Waals surface area (Å²) in [6.07, 6.45) is 3.83. The zero-order chi connectivity index (χ0) is 20.4. The Morgan fingerprint density at radius 1 is 1.36 bits per heavy atom. The Bertz CT molecular complexity index is 822. The van der Waals surface area contributed by atoms with Crippen LogP contribution in [-0.2, 0) is 10.0 Å². The first-order valence-corrected chi connectivity index (χ1v) is 11.8. The average Bonchev–Trinajstić information content (AvgIpc) is 3.08. The lowest BCUT2D eigenvalue weighted by Gasteiger charge is -2.38. The fourth-order valence-corrected chi connectivity index (χ4v) is 5.22. The molecule has 28 heavy (non-hydrogen) atoms. The van der Waals surface area contributed by atoms with Crippen LogP contribution in [0.15, 0.2) is 29.3 Å². The summed E-state index contributed by atoms with van der Waals surface area (Å²) in [5.41, 5.74) is 0.841. The van der Waals surface area contributed by atoms with E-state index in [9.17, 15) is 8.42 Å². The minimum Gasteiger partial charge on any atom is -0.487 e. The van der Waals surface area contributed by atoms with Crippen LogP contribution in [0.25, 0.3) is 0 Å². The van der Waals surface area contributed by atoms with Gasteiger partial charge in [0.2, 0.25) is 10.0 Å². The standard InChI is InChI=1S/C20H32N4O3S/c1-5-21-19(22-14-15-9-8-12-24(15)28(4,25)26)23-17-13-20(2,3)27-18-11-7-6-10-16(17)18/h6-7,10-11,15,17H,5,8-9,12-14H2,1-4H3,(H2,21,22,23)/t15-,17?/m1/s1. The minimum absolute atomic E-state index is 0.0659. The average molecular weight is 409 g/mol. The molecule has 2 N–H and O–H groups in total. The van der Waals surface area contributed by atoms with Crippen molar-refractivity contribution in [3.8, 4) is 5.75 Å². The maximum atomic E-state index is 12.0. The van der Waals surface area contributed by atoms with Gasteiger partial charge in [0.25, 0.3) is 0 Å². The van der Waals surface area contributed by atoms with Gasteiger partial charge in [-0.2, -0.15) is 4.31 Å². The Hall–Kier alpha value is -1.80. The van der Waals surface area contributed by atoms with E-state index in [1.807, 2.05) is 25.1 Å². The molecule has 7 nitrogen and oxygen atoms in total. The van der Waals surface area contributed by atoms with Crippen LogP contribution >= 0.6 is 0 Å². The van der Waals surface area contributed by atoms with E-state index in [1.165, 1.54) is 6.26 Å². The van der Waals surface area contributed by atoms with Crippen LogP contribution < -0.4 is 15.4 Å². The molecule has 3 rings (SSSR count). The van der Waals surface area contributed by atoms with Crippen LogP contribution in [0.2, 0.25) is 0 Å². The topological polar surface area (TPSA) is 83.0 Å². The lowest BCUT2D eigenvalue weighted by Crippen LogP contribution is -2.46. The second-order valence-electron chi connectivity index (χ2n) is 8.19. The van der Waals surface area contributed by atoms with Gasteiger partial charge in [0.15, 0.2) is 5.96 Å². The van der Waals surface area contributed by atoms with Crippen molar-refractivity contribution in [1.29, 1.82) is 0 Å². The summed E-state index contributed by atoms with van der Waals surface area (Å²) in [6.45, 7) is 7.98. The summed E-state index contributed by atoms with van der Waals surface area (Å²) in [5, 5.41) is 6.83. The second kappa shape index (κ2) is 8.29. The molecule has 0 spiro atoms. The van der Waals surface area contributed by atoms with Gasteiger partial charge in [0, 0.05) is 31.1 Å². The van der Waals surface area contributed by atoms with Gasteiger partial charge in [-0.1, -0.05) is 18.2 Å². The molecule has 1 aromatic carbocycles. The van der Waals surface area contributed by atoms with Gasteiger partial charge in [-0.3, -0.25) is 4.99 Å². The fraction of sp³-hybridized carbons (Fsp3) is 0.650. The molecule has 0 aromatic heterocycles. The monoisotopic (exact) mass is 408 g/mol. The van der Waals surface area contributed by atoms with Crippen LogP contribution in [0, 0.1) is 0 Å². The maximum Gasteiger partial charge on any atom is 0.211 e. The Labute approximate surface area is 168 Å². The maximum absolute atomic E-state index is 12.0. The number of hydrogen-bond donors (Lipinski definition) is 2. The van der Waals surface area contributed by atoms with E-state index in [0.29, 0.717) is 19.0 Å². The van der Waals surface area contributed by atoms with Gasteiger partial charge in [-0.25, -0.2) is 8.42 Å². The number of fused-ring (bicyclic) bond motifs is 1. The molecule has 1 fully saturated rings. The number of sulfonamides is 1. The van der Waals surface area contributed by atoms with Crippen molar-refractivity contribution >= 4 is 16.0 Å². The highest BCUT2D eigenvalue weighted by atomic mass is 32.2. The third kappa shape index (κ3) is 4.97. The molecule has 8 heteroatoms. The molecular weight excluding hydrogens is 376 g/mol. The van der Waals surface area contributed by atoms with Crippen molar-refractivity contribution in [2.24, 2.45) is 4.99 Å². The highest BCUT2D eigenvalue weighted by molar-refractivity contribution is 7.88. The lowest BCUT2D eigenvalue weighted by molar-refractivity contribution is 0.0694. The second-order valence-corrected chi connectivity index (χ2v) is 10.1. The normalized spacial score (nSPS) is 25.1. The summed E-state index contributed by atoms with van der Waals surface area (Å²) in [4.78, 5) is 4.72. The summed E-state index contributed by atoms with van der Waals surface area (Å²) in [6, 6.07) is 8.08. The number of benzene rings is 1. The molecule has 0 amide bonds. The molecule has 156 valence electrons. The third-order valence-corrected chi connectivity index (χ3v) is 6.57. The van der Waals surface area contributed by atoms with E-state index >= 15 is 0 Å². The van der Waals surface area contributed by atoms with Gasteiger partial charge < -0.3 is 15.4 Å². The number of ether oxygens (including phenoxy) is 1. The van der Waals surface area contributed by atoms with Crippen LogP contribution in [0.3, 0.4) is 0 Å². The van der Waals surface area contributed by atoms with E-state index < -0.39 is 10.0 Å². The van der Waals surface area contributed by atoms with E-state index in [1.54, 1.807) is 4.31 Å². The lowest BCUT2D eigenvalue weighted by atomic mass is 9.90. The van der Waals surface area contributed by atoms with E-state index in [-0.39, 0.29) is 17.7 Å². The summed E-state index contributed by atoms with van der Waals surface area (Å²) < 4.78 is 31.6. The van der Waals surface area contributed by atoms with E-state index in [4.69, 9.17) is 9.73 Å². The van der Waals surface area contributed by atoms with Crippen LogP contribution in [0.1, 0.15) is 51.6 Å². The van der Waals surface area contributed by atoms with Crippen molar-refractivity contribution < 1.29 is 13.2 Å². The molecule has 1 unspecified atom stereocenters. The van der Waals surface area contributed by atoms with Crippen molar-refractivity contribution in [3.05, 3.63) is 29.8 Å². The predicted octanol–water partition coefficient (Wildman–Crippen LogP) is 2.27. The van der Waals surface area contributed by atoms with E-state index in [2.05, 4.69) is 30.5 Å². The minimum atomic E-state index is -3.19. The quantitative estimate of drug-likeness (QED) is 0.577. The summed E-state index contributed by atoms with van der Waals surface area (Å²) >= 11 is 0. The smallest absolute Gasteiger partial charge is 0.211 e. The number of nitrogens with zero attached hydrogens (tertiary/aromatic N) is 2. The first-order chi connectivity index (χ1) is 13.2. The van der Waals surface area contributed by atoms with Gasteiger partial charge in [0.1, 0.15) is 11.4 Å². The first kappa shape index (κ1) is 20.9. The number of hydrogen-bond acceptors (Lipinski definition) is 4. The highest BCUT2D eigenvalue weighted by Gasteiger charge is 2.34. The van der Waals surface area contributed by atoms with Crippen LogP contribution in [-0.4, -0.2) is 56.2 Å². The van der Waals surface area contributed by atoms with E-state index in [0.717, 1.165) is 37.1 Å². The van der Waals surface area contributed by atoms with Crippen molar-refractivity contribution in [3.63, 3.8) is 0 Å². The van der Waals surface area contributed by atoms with Gasteiger partial charge in [0.05, 0.1) is 18.8 Å². The number of guanidine groups is 1. The molecule has 2 aliphatic heterocycles. The SMILES string of the molecule is CCNC(=NC[C@H]1CCCN1S(C)(=O)=O)NC1CC(C)(C)Oc2ccccc21. The molecule has 1 aromatic rings. The van der Waals surface area contributed by atoms with Crippen molar-refractivity contribution in [2.45, 2.75) is 57.7 Å². The molecule has 1 saturated heterocycles. The van der Waals surface area contributed by atoms with Crippen LogP contribution in [0.5, 0.6) is 5.75 Å². The van der Waals surface area contributed by atoms with Gasteiger partial charge in [-0.15, -0.1) is 0 Å². The molecule has 0 radical (unpaired) electrons. The zero-order valence-corrected chi connectivity index (χ0v) is 18.1. The Kier molecular flexibility index (Phi) is 6.19. The van der Waals surface area contributed by atoms with Crippen molar-refractivity contribution in [2.75, 3.05) is 25.9 Å². The predicted molar refractivity (Wildman–Crippen MR) is 112 cm³/mol. The molecule has 2 heterocycles. The largest absolute Gasteiger partial charge is 0.487 e. The molecule has 0 bridgehead atoms. The third-order valence-electron chi connectivity index (χ3n) is 5.24. The number of para-hydroxylation sites is 1. The molecule has 2 aliphatic rings. The number of nitrogens with one attached hydrogen (secondary N) is 2. The Balaban J connectivity index is 1.77. The van der Waals surface area contributed by atoms with Crippen molar-refractivity contribution in [1.82, 2.24) is 14.9 Å². The zero-order valence-electron chi connectivity index (χ0n) is 17.2. The number of rotatable bonds is 5. The Morgan fingerprint density at radius 3 is 2.82 bits per heavy atom.